The Morgan fingerprint density at radius 2 is 1.90 bits per heavy atom. The molecule has 3 nitrogen and oxygen atoms in total. The van der Waals surface area contributed by atoms with E-state index in [1.165, 1.54) is 6.92 Å². The van der Waals surface area contributed by atoms with Crippen LogP contribution in [0.3, 0.4) is 0 Å². The second kappa shape index (κ2) is 8.51. The van der Waals surface area contributed by atoms with Gasteiger partial charge < -0.3 is 5.32 Å². The Morgan fingerprint density at radius 1 is 1.20 bits per heavy atom. The fourth-order valence-corrected chi connectivity index (χ4v) is 1.95. The van der Waals surface area contributed by atoms with Gasteiger partial charge in [-0.05, 0) is 38.3 Å². The number of carbonyl (C=O) groups excluding carboxylic acids is 2. The maximum atomic E-state index is 11.9. The van der Waals surface area contributed by atoms with Crippen molar-refractivity contribution in [2.45, 2.75) is 46.0 Å². The standard InChI is InChI=1S/C17H24NO2/c1-4-5-6-7-10-15-11-8-9-12-16(15)18-17(20)13(2)14(3)19/h8-9,11-13H,1,4-7,10H2,2-3H3,(H,18,20). The first-order chi connectivity index (χ1) is 9.56. The van der Waals surface area contributed by atoms with E-state index in [-0.39, 0.29) is 11.7 Å². The zero-order valence-electron chi connectivity index (χ0n) is 12.4. The van der Waals surface area contributed by atoms with Gasteiger partial charge in [0.1, 0.15) is 5.78 Å². The minimum atomic E-state index is -0.603. The van der Waals surface area contributed by atoms with Crippen LogP contribution in [0.15, 0.2) is 24.3 Å². The number of hydrogen-bond acceptors (Lipinski definition) is 2. The van der Waals surface area contributed by atoms with Crippen molar-refractivity contribution in [3.8, 4) is 0 Å². The van der Waals surface area contributed by atoms with E-state index >= 15 is 0 Å². The average Bonchev–Trinajstić information content (AvgIpc) is 2.44. The molecule has 0 fully saturated rings. The lowest BCUT2D eigenvalue weighted by Crippen LogP contribution is -2.26. The van der Waals surface area contributed by atoms with Gasteiger partial charge in [-0.25, -0.2) is 0 Å². The lowest BCUT2D eigenvalue weighted by Gasteiger charge is -2.13. The van der Waals surface area contributed by atoms with Crippen LogP contribution in [0.5, 0.6) is 0 Å². The Bertz CT molecular complexity index is 454. The molecule has 0 aliphatic heterocycles. The van der Waals surface area contributed by atoms with Gasteiger partial charge in [-0.15, -0.1) is 0 Å². The first kappa shape index (κ1) is 16.4. The van der Waals surface area contributed by atoms with E-state index in [2.05, 4.69) is 12.2 Å². The zero-order chi connectivity index (χ0) is 15.0. The van der Waals surface area contributed by atoms with Crippen molar-refractivity contribution in [1.82, 2.24) is 0 Å². The smallest absolute Gasteiger partial charge is 0.234 e. The fraction of sp³-hybridized carbons (Fsp3) is 0.471. The van der Waals surface area contributed by atoms with Crippen LogP contribution in [0, 0.1) is 12.8 Å². The Kier molecular flexibility index (Phi) is 6.99. The summed E-state index contributed by atoms with van der Waals surface area (Å²) in [5.41, 5.74) is 1.95. The highest BCUT2D eigenvalue weighted by Crippen LogP contribution is 2.19. The number of para-hydroxylation sites is 1. The van der Waals surface area contributed by atoms with Gasteiger partial charge >= 0.3 is 0 Å². The fourth-order valence-electron chi connectivity index (χ4n) is 1.95. The summed E-state index contributed by atoms with van der Waals surface area (Å²) >= 11 is 0. The van der Waals surface area contributed by atoms with Gasteiger partial charge in [0.05, 0.1) is 5.92 Å². The molecule has 0 heterocycles. The van der Waals surface area contributed by atoms with E-state index in [4.69, 9.17) is 0 Å². The van der Waals surface area contributed by atoms with Crippen LogP contribution in [0.2, 0.25) is 0 Å². The molecule has 0 spiro atoms. The average molecular weight is 274 g/mol. The molecule has 109 valence electrons. The lowest BCUT2D eigenvalue weighted by atomic mass is 10.0. The molecule has 1 radical (unpaired) electrons. The maximum Gasteiger partial charge on any atom is 0.234 e. The van der Waals surface area contributed by atoms with Crippen LogP contribution in [0.1, 0.15) is 45.1 Å². The van der Waals surface area contributed by atoms with Crippen molar-refractivity contribution in [2.75, 3.05) is 5.32 Å². The quantitative estimate of drug-likeness (QED) is 0.579. The Hall–Kier alpha value is -1.64. The highest BCUT2D eigenvalue weighted by atomic mass is 16.2. The van der Waals surface area contributed by atoms with Gasteiger partial charge in [0, 0.05) is 5.69 Å². The second-order valence-electron chi connectivity index (χ2n) is 5.14. The number of nitrogens with one attached hydrogen (secondary N) is 1. The molecule has 0 aliphatic carbocycles. The zero-order valence-corrected chi connectivity index (χ0v) is 12.4. The molecular formula is C17H24NO2. The van der Waals surface area contributed by atoms with Gasteiger partial charge in [-0.1, -0.05) is 44.4 Å². The van der Waals surface area contributed by atoms with Gasteiger partial charge in [0.2, 0.25) is 5.91 Å². The third-order valence-electron chi connectivity index (χ3n) is 3.47. The molecule has 20 heavy (non-hydrogen) atoms. The molecule has 1 rings (SSSR count). The number of carbonyl (C=O) groups is 2. The van der Waals surface area contributed by atoms with E-state index in [0.717, 1.165) is 43.4 Å². The molecule has 1 aromatic rings. The molecule has 0 saturated carbocycles. The summed E-state index contributed by atoms with van der Waals surface area (Å²) in [6, 6.07) is 7.79. The number of ketones is 1. The van der Waals surface area contributed by atoms with Crippen molar-refractivity contribution in [1.29, 1.82) is 0 Å². The Morgan fingerprint density at radius 3 is 2.55 bits per heavy atom. The van der Waals surface area contributed by atoms with Crippen molar-refractivity contribution in [3.05, 3.63) is 36.8 Å². The molecule has 1 aromatic carbocycles. The number of benzene rings is 1. The SMILES string of the molecule is [CH2]CCCCCc1ccccc1NC(=O)C(C)C(C)=O. The molecule has 1 amide bonds. The summed E-state index contributed by atoms with van der Waals surface area (Å²) < 4.78 is 0. The number of unbranched alkanes of at least 4 members (excludes halogenated alkanes) is 3. The van der Waals surface area contributed by atoms with Crippen molar-refractivity contribution >= 4 is 17.4 Å². The van der Waals surface area contributed by atoms with E-state index < -0.39 is 5.92 Å². The first-order valence-corrected chi connectivity index (χ1v) is 7.24. The van der Waals surface area contributed by atoms with E-state index in [0.29, 0.717) is 0 Å². The third-order valence-corrected chi connectivity index (χ3v) is 3.47. The second-order valence-corrected chi connectivity index (χ2v) is 5.14. The van der Waals surface area contributed by atoms with Crippen LogP contribution >= 0.6 is 0 Å². The third kappa shape index (κ3) is 5.16. The van der Waals surface area contributed by atoms with Gasteiger partial charge in [-0.2, -0.15) is 0 Å². The van der Waals surface area contributed by atoms with E-state index in [9.17, 15) is 9.59 Å². The lowest BCUT2D eigenvalue weighted by molar-refractivity contribution is -0.129. The topological polar surface area (TPSA) is 46.2 Å². The minimum Gasteiger partial charge on any atom is -0.325 e. The van der Waals surface area contributed by atoms with E-state index in [1.807, 2.05) is 24.3 Å². The molecule has 0 aliphatic rings. The summed E-state index contributed by atoms with van der Waals surface area (Å²) in [6.07, 6.45) is 5.27. The van der Waals surface area contributed by atoms with Crippen molar-refractivity contribution in [2.24, 2.45) is 5.92 Å². The highest BCUT2D eigenvalue weighted by Gasteiger charge is 2.18. The van der Waals surface area contributed by atoms with Crippen LogP contribution in [0.4, 0.5) is 5.69 Å². The summed E-state index contributed by atoms with van der Waals surface area (Å²) in [4.78, 5) is 23.2. The normalized spacial score (nSPS) is 11.9. The van der Waals surface area contributed by atoms with Crippen LogP contribution in [-0.4, -0.2) is 11.7 Å². The molecular weight excluding hydrogens is 250 g/mol. The Balaban J connectivity index is 2.65. The van der Waals surface area contributed by atoms with Gasteiger partial charge in [-0.3, -0.25) is 9.59 Å². The van der Waals surface area contributed by atoms with Crippen LogP contribution < -0.4 is 5.32 Å². The Labute approximate surface area is 121 Å². The molecule has 0 aromatic heterocycles. The number of hydrogen-bond donors (Lipinski definition) is 1. The molecule has 1 atom stereocenters. The monoisotopic (exact) mass is 274 g/mol. The predicted octanol–water partition coefficient (Wildman–Crippen LogP) is 3.79. The molecule has 0 bridgehead atoms. The number of anilines is 1. The minimum absolute atomic E-state index is 0.115. The van der Waals surface area contributed by atoms with E-state index in [1.54, 1.807) is 6.92 Å². The molecule has 1 N–H and O–H groups in total. The first-order valence-electron chi connectivity index (χ1n) is 7.24. The van der Waals surface area contributed by atoms with Gasteiger partial charge in [0.25, 0.3) is 0 Å². The summed E-state index contributed by atoms with van der Waals surface area (Å²) in [5, 5.41) is 2.86. The highest BCUT2D eigenvalue weighted by molar-refractivity contribution is 6.06. The maximum absolute atomic E-state index is 11.9. The number of rotatable bonds is 8. The number of Topliss-reactive ketones (excluding diaryl/α,β-unsaturated/α-hetero) is 1. The van der Waals surface area contributed by atoms with Crippen molar-refractivity contribution in [3.63, 3.8) is 0 Å². The van der Waals surface area contributed by atoms with Crippen LogP contribution in [-0.2, 0) is 16.0 Å². The molecule has 3 heteroatoms. The largest absolute Gasteiger partial charge is 0.325 e. The summed E-state index contributed by atoms with van der Waals surface area (Å²) in [6.45, 7) is 6.91. The number of amides is 1. The predicted molar refractivity (Wildman–Crippen MR) is 82.4 cm³/mol. The number of aryl methyl sites for hydroxylation is 1. The van der Waals surface area contributed by atoms with Gasteiger partial charge in [0.15, 0.2) is 0 Å². The van der Waals surface area contributed by atoms with Crippen molar-refractivity contribution < 1.29 is 9.59 Å². The summed E-state index contributed by atoms with van der Waals surface area (Å²) in [5.74, 6) is -0.952. The summed E-state index contributed by atoms with van der Waals surface area (Å²) in [7, 11) is 0. The molecule has 0 saturated heterocycles. The molecule has 1 unspecified atom stereocenters. The van der Waals surface area contributed by atoms with Crippen LogP contribution in [0.25, 0.3) is 0 Å².